The van der Waals surface area contributed by atoms with Crippen LogP contribution in [-0.2, 0) is 4.79 Å². The lowest BCUT2D eigenvalue weighted by Gasteiger charge is -2.14. The van der Waals surface area contributed by atoms with E-state index >= 15 is 0 Å². The number of anilines is 1. The summed E-state index contributed by atoms with van der Waals surface area (Å²) in [7, 11) is 0. The number of nitrogen functional groups attached to an aromatic ring is 1. The summed E-state index contributed by atoms with van der Waals surface area (Å²) in [5, 5.41) is 2.55. The van der Waals surface area contributed by atoms with Gasteiger partial charge < -0.3 is 22.5 Å². The molecule has 0 aliphatic heterocycles. The van der Waals surface area contributed by atoms with Gasteiger partial charge in [0.1, 0.15) is 11.5 Å². The minimum absolute atomic E-state index is 0.000212. The molecule has 126 valence electrons. The lowest BCUT2D eigenvalue weighted by Crippen LogP contribution is -2.30. The molecule has 7 N–H and O–H groups in total. The Morgan fingerprint density at radius 2 is 1.96 bits per heavy atom. The smallest absolute Gasteiger partial charge is 0.269 e. The average molecular weight is 329 g/mol. The van der Waals surface area contributed by atoms with Crippen molar-refractivity contribution in [2.45, 2.75) is 13.8 Å². The standard InChI is InChI=1S/C17H20FN5O/c1-3-22-17(24)16(21)15(20)11-6-7-12(18)13(14(11)19)10-5-4-9(2)23-8-10/h4-8H,3,19-21H2,1-2H3,(H,22,24)/b16-15+. The van der Waals surface area contributed by atoms with Crippen LogP contribution in [0.25, 0.3) is 16.8 Å². The van der Waals surface area contributed by atoms with Crippen LogP contribution in [0.4, 0.5) is 10.1 Å². The van der Waals surface area contributed by atoms with Gasteiger partial charge in [0.25, 0.3) is 5.91 Å². The molecule has 1 aromatic heterocycles. The van der Waals surface area contributed by atoms with Crippen LogP contribution in [0.2, 0.25) is 0 Å². The van der Waals surface area contributed by atoms with Crippen molar-refractivity contribution in [3.05, 3.63) is 53.2 Å². The van der Waals surface area contributed by atoms with E-state index in [1.165, 1.54) is 18.3 Å². The highest BCUT2D eigenvalue weighted by Crippen LogP contribution is 2.33. The normalized spacial score (nSPS) is 11.8. The van der Waals surface area contributed by atoms with Crippen LogP contribution in [0.1, 0.15) is 18.2 Å². The quantitative estimate of drug-likeness (QED) is 0.500. The first-order valence-electron chi connectivity index (χ1n) is 7.41. The molecule has 0 aliphatic carbocycles. The van der Waals surface area contributed by atoms with E-state index in [9.17, 15) is 9.18 Å². The highest BCUT2D eigenvalue weighted by atomic mass is 19.1. The predicted octanol–water partition coefficient (Wildman–Crippen LogP) is 1.50. The average Bonchev–Trinajstić information content (AvgIpc) is 2.55. The van der Waals surface area contributed by atoms with Crippen molar-refractivity contribution in [3.8, 4) is 11.1 Å². The fourth-order valence-electron chi connectivity index (χ4n) is 2.26. The maximum atomic E-state index is 14.3. The fraction of sp³-hybridized carbons (Fsp3) is 0.176. The number of hydrogen-bond donors (Lipinski definition) is 4. The highest BCUT2D eigenvalue weighted by Gasteiger charge is 2.18. The largest absolute Gasteiger partial charge is 0.398 e. The van der Waals surface area contributed by atoms with Crippen LogP contribution in [0.3, 0.4) is 0 Å². The van der Waals surface area contributed by atoms with Crippen molar-refractivity contribution < 1.29 is 9.18 Å². The summed E-state index contributed by atoms with van der Waals surface area (Å²) >= 11 is 0. The summed E-state index contributed by atoms with van der Waals surface area (Å²) in [4.78, 5) is 16.0. The third kappa shape index (κ3) is 3.29. The number of aryl methyl sites for hydroxylation is 1. The Kier molecular flexibility index (Phi) is 5.03. The van der Waals surface area contributed by atoms with Crippen LogP contribution in [0.5, 0.6) is 0 Å². The van der Waals surface area contributed by atoms with E-state index in [1.807, 2.05) is 6.92 Å². The second-order valence-corrected chi connectivity index (χ2v) is 5.26. The lowest BCUT2D eigenvalue weighted by molar-refractivity contribution is -0.117. The number of nitrogens with one attached hydrogen (secondary N) is 1. The molecule has 0 radical (unpaired) electrons. The van der Waals surface area contributed by atoms with Gasteiger partial charge in [-0.15, -0.1) is 0 Å². The third-order valence-electron chi connectivity index (χ3n) is 3.56. The molecular formula is C17H20FN5O. The van der Waals surface area contributed by atoms with Crippen LogP contribution in [0.15, 0.2) is 36.2 Å². The number of carbonyl (C=O) groups excluding carboxylic acids is 1. The van der Waals surface area contributed by atoms with Crippen LogP contribution in [-0.4, -0.2) is 17.4 Å². The number of halogens is 1. The number of hydrogen-bond acceptors (Lipinski definition) is 5. The van der Waals surface area contributed by atoms with Gasteiger partial charge in [-0.05, 0) is 32.0 Å². The van der Waals surface area contributed by atoms with Gasteiger partial charge in [0.2, 0.25) is 0 Å². The minimum Gasteiger partial charge on any atom is -0.398 e. The van der Waals surface area contributed by atoms with Gasteiger partial charge in [0.15, 0.2) is 0 Å². The van der Waals surface area contributed by atoms with E-state index in [-0.39, 0.29) is 22.6 Å². The first-order valence-corrected chi connectivity index (χ1v) is 7.41. The molecular weight excluding hydrogens is 309 g/mol. The van der Waals surface area contributed by atoms with Crippen molar-refractivity contribution in [2.24, 2.45) is 11.5 Å². The van der Waals surface area contributed by atoms with E-state index < -0.39 is 11.7 Å². The summed E-state index contributed by atoms with van der Waals surface area (Å²) in [5.74, 6) is -1.01. The molecule has 0 saturated carbocycles. The monoisotopic (exact) mass is 329 g/mol. The molecule has 24 heavy (non-hydrogen) atoms. The molecule has 0 atom stereocenters. The number of pyridine rings is 1. The summed E-state index contributed by atoms with van der Waals surface area (Å²) in [5.41, 5.74) is 19.6. The van der Waals surface area contributed by atoms with Crippen molar-refractivity contribution in [1.82, 2.24) is 10.3 Å². The van der Waals surface area contributed by atoms with Gasteiger partial charge in [-0.2, -0.15) is 0 Å². The maximum absolute atomic E-state index is 14.3. The Hall–Kier alpha value is -3.09. The number of benzene rings is 1. The van der Waals surface area contributed by atoms with E-state index in [0.29, 0.717) is 17.7 Å². The second-order valence-electron chi connectivity index (χ2n) is 5.26. The van der Waals surface area contributed by atoms with E-state index in [0.717, 1.165) is 5.69 Å². The van der Waals surface area contributed by atoms with Crippen molar-refractivity contribution in [2.75, 3.05) is 12.3 Å². The summed E-state index contributed by atoms with van der Waals surface area (Å²) in [6, 6.07) is 6.10. The predicted molar refractivity (Wildman–Crippen MR) is 92.8 cm³/mol. The molecule has 0 saturated heterocycles. The number of likely N-dealkylation sites (N-methyl/N-ethyl adjacent to an activating group) is 1. The number of nitrogens with two attached hydrogens (primary N) is 3. The van der Waals surface area contributed by atoms with Crippen LogP contribution in [0, 0.1) is 12.7 Å². The zero-order chi connectivity index (χ0) is 17.9. The zero-order valence-electron chi connectivity index (χ0n) is 13.6. The molecule has 0 bridgehead atoms. The molecule has 0 spiro atoms. The summed E-state index contributed by atoms with van der Waals surface area (Å²) < 4.78 is 14.3. The number of nitrogens with zero attached hydrogens (tertiary/aromatic N) is 1. The van der Waals surface area contributed by atoms with Gasteiger partial charge in [0, 0.05) is 35.1 Å². The maximum Gasteiger partial charge on any atom is 0.269 e. The Balaban J connectivity index is 2.58. The molecule has 6 nitrogen and oxygen atoms in total. The molecule has 0 unspecified atom stereocenters. The second kappa shape index (κ2) is 6.99. The van der Waals surface area contributed by atoms with Crippen LogP contribution >= 0.6 is 0 Å². The molecule has 0 aliphatic rings. The molecule has 1 aromatic carbocycles. The molecule has 2 aromatic rings. The Labute approximate surface area is 139 Å². The Morgan fingerprint density at radius 3 is 2.54 bits per heavy atom. The van der Waals surface area contributed by atoms with Crippen molar-refractivity contribution >= 4 is 17.3 Å². The van der Waals surface area contributed by atoms with E-state index in [1.54, 1.807) is 19.1 Å². The van der Waals surface area contributed by atoms with Gasteiger partial charge in [-0.1, -0.05) is 6.07 Å². The van der Waals surface area contributed by atoms with Crippen LogP contribution < -0.4 is 22.5 Å². The molecule has 7 heteroatoms. The Bertz CT molecular complexity index is 799. The molecule has 2 rings (SSSR count). The van der Waals surface area contributed by atoms with E-state index in [4.69, 9.17) is 17.2 Å². The number of aromatic nitrogens is 1. The van der Waals surface area contributed by atoms with Crippen molar-refractivity contribution in [1.29, 1.82) is 0 Å². The summed E-state index contributed by atoms with van der Waals surface area (Å²) in [6.07, 6.45) is 1.53. The van der Waals surface area contributed by atoms with E-state index in [2.05, 4.69) is 10.3 Å². The van der Waals surface area contributed by atoms with Crippen molar-refractivity contribution in [3.63, 3.8) is 0 Å². The highest BCUT2D eigenvalue weighted by molar-refractivity contribution is 6.01. The molecule has 1 amide bonds. The van der Waals surface area contributed by atoms with Gasteiger partial charge in [-0.3, -0.25) is 9.78 Å². The SMILES string of the molecule is CCNC(=O)/C(N)=C(\N)c1ccc(F)c(-c2ccc(C)nc2)c1N. The molecule has 0 fully saturated rings. The first kappa shape index (κ1) is 17.3. The zero-order valence-corrected chi connectivity index (χ0v) is 13.6. The van der Waals surface area contributed by atoms with Gasteiger partial charge in [0.05, 0.1) is 11.4 Å². The van der Waals surface area contributed by atoms with Gasteiger partial charge >= 0.3 is 0 Å². The third-order valence-corrected chi connectivity index (χ3v) is 3.56. The number of rotatable bonds is 4. The van der Waals surface area contributed by atoms with Gasteiger partial charge in [-0.25, -0.2) is 4.39 Å². The summed E-state index contributed by atoms with van der Waals surface area (Å²) in [6.45, 7) is 4.00. The minimum atomic E-state index is -0.508. The number of carbonyl (C=O) groups is 1. The topological polar surface area (TPSA) is 120 Å². The molecule has 1 heterocycles. The Morgan fingerprint density at radius 1 is 1.25 bits per heavy atom. The lowest BCUT2D eigenvalue weighted by atomic mass is 9.98. The number of amides is 1. The fourth-order valence-corrected chi connectivity index (χ4v) is 2.26. The first-order chi connectivity index (χ1) is 11.4.